The van der Waals surface area contributed by atoms with E-state index in [9.17, 15) is 9.90 Å². The molecule has 21 heavy (non-hydrogen) atoms. The molecule has 0 aromatic heterocycles. The monoisotopic (exact) mass is 304 g/mol. The molecule has 2 rings (SSSR count). The standard InChI is InChI=1S/C16H22NO3Si/c1-11(2)13-4-3-5-14(16(18)19)15(13)12-6-8-17(9-7-12)10-20-21/h3-5,11-12H,6-10H2,1-2H3,(H,18,19). The molecule has 1 aromatic carbocycles. The van der Waals surface area contributed by atoms with E-state index in [0.29, 0.717) is 24.1 Å². The van der Waals surface area contributed by atoms with E-state index < -0.39 is 5.97 Å². The van der Waals surface area contributed by atoms with Crippen LogP contribution in [0.25, 0.3) is 0 Å². The van der Waals surface area contributed by atoms with Crippen LogP contribution in [0.2, 0.25) is 0 Å². The molecule has 1 heterocycles. The van der Waals surface area contributed by atoms with E-state index in [4.69, 9.17) is 4.43 Å². The summed E-state index contributed by atoms with van der Waals surface area (Å²) in [7, 11) is 3.03. The summed E-state index contributed by atoms with van der Waals surface area (Å²) in [5.74, 6) is -0.165. The van der Waals surface area contributed by atoms with Gasteiger partial charge in [0.1, 0.15) is 0 Å². The molecular formula is C16H22NO3Si. The smallest absolute Gasteiger partial charge is 0.335 e. The zero-order chi connectivity index (χ0) is 15.4. The van der Waals surface area contributed by atoms with Crippen LogP contribution in [0.15, 0.2) is 18.2 Å². The lowest BCUT2D eigenvalue weighted by Gasteiger charge is -2.33. The van der Waals surface area contributed by atoms with Crippen LogP contribution in [0, 0.1) is 0 Å². The molecule has 1 fully saturated rings. The third-order valence-electron chi connectivity index (χ3n) is 4.24. The van der Waals surface area contributed by atoms with Crippen molar-refractivity contribution >= 4 is 16.5 Å². The van der Waals surface area contributed by atoms with Gasteiger partial charge in [-0.3, -0.25) is 4.90 Å². The lowest BCUT2D eigenvalue weighted by Crippen LogP contribution is -2.35. The molecule has 5 heteroatoms. The number of aromatic carboxylic acids is 1. The van der Waals surface area contributed by atoms with Crippen molar-refractivity contribution in [3.63, 3.8) is 0 Å². The van der Waals surface area contributed by atoms with E-state index in [1.54, 1.807) is 6.07 Å². The first-order chi connectivity index (χ1) is 10.0. The molecule has 0 saturated carbocycles. The Morgan fingerprint density at radius 3 is 2.62 bits per heavy atom. The molecule has 0 spiro atoms. The van der Waals surface area contributed by atoms with Crippen LogP contribution in [0.3, 0.4) is 0 Å². The molecule has 0 aliphatic carbocycles. The Balaban J connectivity index is 2.28. The molecule has 0 unspecified atom stereocenters. The summed E-state index contributed by atoms with van der Waals surface area (Å²) in [4.78, 5) is 13.8. The van der Waals surface area contributed by atoms with Gasteiger partial charge in [-0.1, -0.05) is 26.0 Å². The summed E-state index contributed by atoms with van der Waals surface area (Å²) in [6, 6.07) is 5.66. The highest BCUT2D eigenvalue weighted by molar-refractivity contribution is 5.97. The van der Waals surface area contributed by atoms with E-state index in [2.05, 4.69) is 35.3 Å². The normalized spacial score (nSPS) is 17.3. The summed E-state index contributed by atoms with van der Waals surface area (Å²) >= 11 is 0. The first-order valence-corrected chi connectivity index (χ1v) is 7.82. The first-order valence-electron chi connectivity index (χ1n) is 7.41. The Hall–Kier alpha value is -1.17. The van der Waals surface area contributed by atoms with Crippen molar-refractivity contribution in [3.8, 4) is 0 Å². The summed E-state index contributed by atoms with van der Waals surface area (Å²) in [6.07, 6.45) is 1.94. The molecular weight excluding hydrogens is 282 g/mol. The Kier molecular flexibility index (Phi) is 5.55. The summed E-state index contributed by atoms with van der Waals surface area (Å²) in [5, 5.41) is 9.50. The summed E-state index contributed by atoms with van der Waals surface area (Å²) < 4.78 is 4.98. The van der Waals surface area contributed by atoms with Crippen molar-refractivity contribution in [2.75, 3.05) is 19.8 Å². The maximum Gasteiger partial charge on any atom is 0.335 e. The average Bonchev–Trinajstić information content (AvgIpc) is 2.47. The minimum absolute atomic E-state index is 0.320. The number of hydrogen-bond acceptors (Lipinski definition) is 3. The van der Waals surface area contributed by atoms with Crippen LogP contribution in [-0.2, 0) is 4.43 Å². The number of carboxylic acid groups (broad SMARTS) is 1. The van der Waals surface area contributed by atoms with E-state index >= 15 is 0 Å². The zero-order valence-electron chi connectivity index (χ0n) is 12.6. The number of carbonyl (C=O) groups is 1. The lowest BCUT2D eigenvalue weighted by atomic mass is 9.80. The molecule has 3 radical (unpaired) electrons. The van der Waals surface area contributed by atoms with Crippen LogP contribution >= 0.6 is 0 Å². The fraction of sp³-hybridized carbons (Fsp3) is 0.562. The van der Waals surface area contributed by atoms with E-state index in [0.717, 1.165) is 31.5 Å². The third kappa shape index (κ3) is 3.73. The molecule has 1 N–H and O–H groups in total. The fourth-order valence-electron chi connectivity index (χ4n) is 3.17. The van der Waals surface area contributed by atoms with Gasteiger partial charge in [0.2, 0.25) is 10.5 Å². The summed E-state index contributed by atoms with van der Waals surface area (Å²) in [6.45, 7) is 6.68. The number of benzene rings is 1. The highest BCUT2D eigenvalue weighted by atomic mass is 28.2. The number of carboxylic acids is 1. The first kappa shape index (κ1) is 16.2. The minimum Gasteiger partial charge on any atom is -0.478 e. The van der Waals surface area contributed by atoms with Crippen molar-refractivity contribution in [2.45, 2.75) is 38.5 Å². The van der Waals surface area contributed by atoms with Crippen molar-refractivity contribution < 1.29 is 14.3 Å². The third-order valence-corrected chi connectivity index (χ3v) is 4.36. The molecule has 0 bridgehead atoms. The molecule has 1 aromatic rings. The second-order valence-corrected chi connectivity index (χ2v) is 6.22. The molecule has 113 valence electrons. The molecule has 1 aliphatic heterocycles. The van der Waals surface area contributed by atoms with Gasteiger partial charge in [-0.25, -0.2) is 4.79 Å². The number of nitrogens with zero attached hydrogens (tertiary/aromatic N) is 1. The largest absolute Gasteiger partial charge is 0.478 e. The highest BCUT2D eigenvalue weighted by Gasteiger charge is 2.27. The maximum absolute atomic E-state index is 11.6. The SMILES string of the molecule is CC(C)c1cccc(C(=O)O)c1C1CCN(CO[Si])CC1. The van der Waals surface area contributed by atoms with Gasteiger partial charge < -0.3 is 9.53 Å². The van der Waals surface area contributed by atoms with E-state index in [-0.39, 0.29) is 0 Å². The lowest BCUT2D eigenvalue weighted by molar-refractivity contribution is 0.0692. The van der Waals surface area contributed by atoms with Crippen LogP contribution < -0.4 is 0 Å². The van der Waals surface area contributed by atoms with Crippen LogP contribution in [0.5, 0.6) is 0 Å². The predicted octanol–water partition coefficient (Wildman–Crippen LogP) is 2.75. The Labute approximate surface area is 129 Å². The predicted molar refractivity (Wildman–Crippen MR) is 82.7 cm³/mol. The topological polar surface area (TPSA) is 49.8 Å². The van der Waals surface area contributed by atoms with E-state index in [1.165, 1.54) is 5.56 Å². The van der Waals surface area contributed by atoms with Gasteiger partial charge in [0.15, 0.2) is 0 Å². The van der Waals surface area contributed by atoms with Gasteiger partial charge in [0, 0.05) is 13.1 Å². The van der Waals surface area contributed by atoms with Crippen LogP contribution in [0.4, 0.5) is 0 Å². The molecule has 1 aliphatic rings. The van der Waals surface area contributed by atoms with Crippen molar-refractivity contribution in [2.24, 2.45) is 0 Å². The molecule has 0 amide bonds. The second-order valence-electron chi connectivity index (χ2n) is 5.93. The Morgan fingerprint density at radius 1 is 1.43 bits per heavy atom. The average molecular weight is 304 g/mol. The number of likely N-dealkylation sites (tertiary alicyclic amines) is 1. The number of hydrogen-bond donors (Lipinski definition) is 1. The summed E-state index contributed by atoms with van der Waals surface area (Å²) in [5.41, 5.74) is 2.68. The number of piperidine rings is 1. The zero-order valence-corrected chi connectivity index (χ0v) is 13.6. The Bertz CT molecular complexity index is 496. The molecule has 0 atom stereocenters. The van der Waals surface area contributed by atoms with Gasteiger partial charge in [-0.05, 0) is 41.9 Å². The van der Waals surface area contributed by atoms with Gasteiger partial charge in [0.05, 0.1) is 12.3 Å². The molecule has 1 saturated heterocycles. The van der Waals surface area contributed by atoms with Crippen LogP contribution in [0.1, 0.15) is 60.0 Å². The van der Waals surface area contributed by atoms with Crippen molar-refractivity contribution in [1.29, 1.82) is 0 Å². The van der Waals surface area contributed by atoms with Gasteiger partial charge in [0.25, 0.3) is 0 Å². The fourth-order valence-corrected chi connectivity index (χ4v) is 3.35. The second kappa shape index (κ2) is 7.20. The van der Waals surface area contributed by atoms with Gasteiger partial charge >= 0.3 is 5.97 Å². The van der Waals surface area contributed by atoms with Crippen LogP contribution in [-0.4, -0.2) is 46.3 Å². The molecule has 4 nitrogen and oxygen atoms in total. The minimum atomic E-state index is -0.821. The van der Waals surface area contributed by atoms with Gasteiger partial charge in [-0.15, -0.1) is 0 Å². The number of rotatable bonds is 5. The Morgan fingerprint density at radius 2 is 2.10 bits per heavy atom. The quantitative estimate of drug-likeness (QED) is 0.850. The maximum atomic E-state index is 11.6. The van der Waals surface area contributed by atoms with E-state index in [1.807, 2.05) is 6.07 Å². The van der Waals surface area contributed by atoms with Gasteiger partial charge in [-0.2, -0.15) is 0 Å². The van der Waals surface area contributed by atoms with Crippen molar-refractivity contribution in [1.82, 2.24) is 4.90 Å². The highest BCUT2D eigenvalue weighted by Crippen LogP contribution is 2.35. The van der Waals surface area contributed by atoms with Crippen molar-refractivity contribution in [3.05, 3.63) is 34.9 Å².